The molecule has 0 spiro atoms. The monoisotopic (exact) mass is 346 g/mol. The fourth-order valence-electron chi connectivity index (χ4n) is 3.90. The van der Waals surface area contributed by atoms with Crippen LogP contribution in [0, 0.1) is 11.3 Å². The van der Waals surface area contributed by atoms with Gasteiger partial charge in [0.1, 0.15) is 0 Å². The summed E-state index contributed by atoms with van der Waals surface area (Å²) in [4.78, 5) is 37.4. The molecule has 1 aromatic rings. The standard InChI is InChI=1S/C18H22N2O5/c1-2-25-15(21)12-5-7-14(8-6-12)19-17(24)20-10-13-4-3-9-18(13,11-20)16(22)23/h5-8,13H,2-4,9-11H2,1H3,(H,19,24)(H,22,23)/t13-,18+/m0/s1. The molecule has 134 valence electrons. The number of fused-ring (bicyclic) bond motifs is 1. The number of esters is 1. The minimum Gasteiger partial charge on any atom is -0.481 e. The minimum atomic E-state index is -0.802. The third-order valence-electron chi connectivity index (χ3n) is 5.23. The summed E-state index contributed by atoms with van der Waals surface area (Å²) in [6.07, 6.45) is 2.39. The van der Waals surface area contributed by atoms with Crippen LogP contribution in [0.4, 0.5) is 10.5 Å². The predicted octanol–water partition coefficient (Wildman–Crippen LogP) is 2.58. The first-order valence-corrected chi connectivity index (χ1v) is 8.53. The van der Waals surface area contributed by atoms with Crippen LogP contribution >= 0.6 is 0 Å². The summed E-state index contributed by atoms with van der Waals surface area (Å²) >= 11 is 0. The molecule has 1 aliphatic carbocycles. The van der Waals surface area contributed by atoms with Gasteiger partial charge in [-0.1, -0.05) is 6.42 Å². The third kappa shape index (κ3) is 3.18. The molecule has 1 heterocycles. The van der Waals surface area contributed by atoms with Gasteiger partial charge >= 0.3 is 18.0 Å². The maximum Gasteiger partial charge on any atom is 0.338 e. The lowest BCUT2D eigenvalue weighted by atomic mass is 9.81. The Balaban J connectivity index is 1.63. The number of nitrogens with one attached hydrogen (secondary N) is 1. The second-order valence-electron chi connectivity index (χ2n) is 6.66. The van der Waals surface area contributed by atoms with Gasteiger partial charge in [-0.15, -0.1) is 0 Å². The van der Waals surface area contributed by atoms with Gasteiger partial charge in [0.15, 0.2) is 0 Å². The number of nitrogens with zero attached hydrogens (tertiary/aromatic N) is 1. The lowest BCUT2D eigenvalue weighted by molar-refractivity contribution is -0.149. The summed E-state index contributed by atoms with van der Waals surface area (Å²) in [5.74, 6) is -1.18. The number of carbonyl (C=O) groups excluding carboxylic acids is 2. The van der Waals surface area contributed by atoms with Gasteiger partial charge in [-0.3, -0.25) is 4.79 Å². The van der Waals surface area contributed by atoms with E-state index in [1.165, 1.54) is 0 Å². The van der Waals surface area contributed by atoms with Gasteiger partial charge in [0.05, 0.1) is 17.6 Å². The Morgan fingerprint density at radius 2 is 2.04 bits per heavy atom. The smallest absolute Gasteiger partial charge is 0.338 e. The van der Waals surface area contributed by atoms with E-state index in [0.29, 0.717) is 30.8 Å². The van der Waals surface area contributed by atoms with Gasteiger partial charge in [0.2, 0.25) is 0 Å². The summed E-state index contributed by atoms with van der Waals surface area (Å²) in [7, 11) is 0. The highest BCUT2D eigenvalue weighted by Gasteiger charge is 2.55. The number of likely N-dealkylation sites (tertiary alicyclic amines) is 1. The lowest BCUT2D eigenvalue weighted by Crippen LogP contribution is -2.38. The Morgan fingerprint density at radius 3 is 2.64 bits per heavy atom. The molecule has 1 saturated heterocycles. The van der Waals surface area contributed by atoms with Gasteiger partial charge in [-0.05, 0) is 49.9 Å². The number of benzene rings is 1. The molecule has 1 aromatic carbocycles. The summed E-state index contributed by atoms with van der Waals surface area (Å²) in [6.45, 7) is 2.76. The Labute approximate surface area is 146 Å². The molecule has 2 amide bonds. The average Bonchev–Trinajstić information content (AvgIpc) is 3.14. The van der Waals surface area contributed by atoms with E-state index in [4.69, 9.17) is 4.74 Å². The molecule has 0 unspecified atom stereocenters. The number of rotatable bonds is 4. The molecule has 25 heavy (non-hydrogen) atoms. The van der Waals surface area contributed by atoms with Crippen molar-refractivity contribution in [2.45, 2.75) is 26.2 Å². The van der Waals surface area contributed by atoms with Crippen molar-refractivity contribution < 1.29 is 24.2 Å². The van der Waals surface area contributed by atoms with E-state index in [-0.39, 0.29) is 18.5 Å². The molecule has 2 atom stereocenters. The number of ether oxygens (including phenoxy) is 1. The van der Waals surface area contributed by atoms with Crippen LogP contribution < -0.4 is 5.32 Å². The van der Waals surface area contributed by atoms with Crippen molar-refractivity contribution in [2.75, 3.05) is 25.0 Å². The predicted molar refractivity (Wildman–Crippen MR) is 90.4 cm³/mol. The fourth-order valence-corrected chi connectivity index (χ4v) is 3.90. The summed E-state index contributed by atoms with van der Waals surface area (Å²) in [6, 6.07) is 6.14. The molecule has 2 N–H and O–H groups in total. The van der Waals surface area contributed by atoms with Crippen LogP contribution in [0.15, 0.2) is 24.3 Å². The number of carboxylic acids is 1. The highest BCUT2D eigenvalue weighted by molar-refractivity contribution is 5.93. The van der Waals surface area contributed by atoms with Crippen LogP contribution in [0.2, 0.25) is 0 Å². The van der Waals surface area contributed by atoms with Gasteiger partial charge in [-0.2, -0.15) is 0 Å². The topological polar surface area (TPSA) is 95.9 Å². The Bertz CT molecular complexity index is 687. The van der Waals surface area contributed by atoms with Crippen molar-refractivity contribution in [2.24, 2.45) is 11.3 Å². The van der Waals surface area contributed by atoms with Gasteiger partial charge in [-0.25, -0.2) is 9.59 Å². The van der Waals surface area contributed by atoms with Crippen LogP contribution in [0.25, 0.3) is 0 Å². The van der Waals surface area contributed by atoms with E-state index in [1.54, 1.807) is 36.1 Å². The first kappa shape index (κ1) is 17.3. The van der Waals surface area contributed by atoms with Crippen molar-refractivity contribution in [3.8, 4) is 0 Å². The van der Waals surface area contributed by atoms with Crippen molar-refractivity contribution in [1.82, 2.24) is 4.90 Å². The molecule has 0 aromatic heterocycles. The highest BCUT2D eigenvalue weighted by Crippen LogP contribution is 2.48. The van der Waals surface area contributed by atoms with Gasteiger partial charge in [0.25, 0.3) is 0 Å². The molecular formula is C18H22N2O5. The molecule has 2 aliphatic rings. The maximum atomic E-state index is 12.5. The second kappa shape index (κ2) is 6.74. The molecule has 1 saturated carbocycles. The van der Waals surface area contributed by atoms with Crippen LogP contribution in [0.5, 0.6) is 0 Å². The zero-order valence-electron chi connectivity index (χ0n) is 14.2. The average molecular weight is 346 g/mol. The van der Waals surface area contributed by atoms with Gasteiger partial charge < -0.3 is 20.1 Å². The van der Waals surface area contributed by atoms with Crippen molar-refractivity contribution in [3.63, 3.8) is 0 Å². The number of amides is 2. The molecule has 1 aliphatic heterocycles. The molecule has 0 bridgehead atoms. The number of anilines is 1. The number of urea groups is 1. The lowest BCUT2D eigenvalue weighted by Gasteiger charge is -2.23. The SMILES string of the molecule is CCOC(=O)c1ccc(NC(=O)N2C[C@@H]3CCC[C@@]3(C(=O)O)C2)cc1. The molecule has 7 nitrogen and oxygen atoms in total. The number of hydrogen-bond donors (Lipinski definition) is 2. The van der Waals surface area contributed by atoms with E-state index >= 15 is 0 Å². The Kier molecular flexibility index (Phi) is 4.65. The zero-order valence-corrected chi connectivity index (χ0v) is 14.2. The van der Waals surface area contributed by atoms with Crippen molar-refractivity contribution in [3.05, 3.63) is 29.8 Å². The molecule has 0 radical (unpaired) electrons. The first-order chi connectivity index (χ1) is 12.0. The van der Waals surface area contributed by atoms with Crippen molar-refractivity contribution >= 4 is 23.7 Å². The van der Waals surface area contributed by atoms with E-state index in [9.17, 15) is 19.5 Å². The van der Waals surface area contributed by atoms with E-state index < -0.39 is 17.4 Å². The Morgan fingerprint density at radius 1 is 1.32 bits per heavy atom. The van der Waals surface area contributed by atoms with E-state index in [1.807, 2.05) is 0 Å². The molecular weight excluding hydrogens is 324 g/mol. The zero-order chi connectivity index (χ0) is 18.0. The normalized spacial score (nSPS) is 24.7. The summed E-state index contributed by atoms with van der Waals surface area (Å²) in [5, 5.41) is 12.4. The molecule has 2 fully saturated rings. The first-order valence-electron chi connectivity index (χ1n) is 8.53. The molecule has 3 rings (SSSR count). The van der Waals surface area contributed by atoms with E-state index in [0.717, 1.165) is 12.8 Å². The van der Waals surface area contributed by atoms with Crippen LogP contribution in [-0.2, 0) is 9.53 Å². The second-order valence-corrected chi connectivity index (χ2v) is 6.66. The quantitative estimate of drug-likeness (QED) is 0.817. The minimum absolute atomic E-state index is 0.0296. The number of carboxylic acid groups (broad SMARTS) is 1. The highest BCUT2D eigenvalue weighted by atomic mass is 16.5. The van der Waals surface area contributed by atoms with E-state index in [2.05, 4.69) is 5.32 Å². The number of carbonyl (C=O) groups is 3. The molecule has 7 heteroatoms. The maximum absolute atomic E-state index is 12.5. The van der Waals surface area contributed by atoms with Crippen LogP contribution in [0.1, 0.15) is 36.5 Å². The number of hydrogen-bond acceptors (Lipinski definition) is 4. The summed E-state index contributed by atoms with van der Waals surface area (Å²) in [5.41, 5.74) is 0.185. The Hall–Kier alpha value is -2.57. The van der Waals surface area contributed by atoms with Gasteiger partial charge in [0, 0.05) is 18.8 Å². The van der Waals surface area contributed by atoms with Crippen molar-refractivity contribution in [1.29, 1.82) is 0 Å². The number of aliphatic carboxylic acids is 1. The van der Waals surface area contributed by atoms with Crippen LogP contribution in [-0.4, -0.2) is 47.7 Å². The fraction of sp³-hybridized carbons (Fsp3) is 0.500. The van der Waals surface area contributed by atoms with Crippen LogP contribution in [0.3, 0.4) is 0 Å². The summed E-state index contributed by atoms with van der Waals surface area (Å²) < 4.78 is 4.92. The third-order valence-corrected chi connectivity index (χ3v) is 5.23. The largest absolute Gasteiger partial charge is 0.481 e.